The van der Waals surface area contributed by atoms with Crippen LogP contribution in [0.3, 0.4) is 0 Å². The van der Waals surface area contributed by atoms with Crippen LogP contribution in [0.25, 0.3) is 0 Å². The molecular weight excluding hydrogens is 289 g/mol. The molecule has 1 aromatic carbocycles. The Morgan fingerprint density at radius 1 is 1.10 bits per heavy atom. The molecule has 5 nitrogen and oxygen atoms in total. The lowest BCUT2D eigenvalue weighted by molar-refractivity contribution is -0.197. The molecule has 0 N–H and O–H groups in total. The van der Waals surface area contributed by atoms with E-state index in [1.54, 1.807) is 0 Å². The summed E-state index contributed by atoms with van der Waals surface area (Å²) in [6, 6.07) is 4.61. The van der Waals surface area contributed by atoms with Crippen molar-refractivity contribution in [1.82, 2.24) is 10.0 Å². The van der Waals surface area contributed by atoms with E-state index in [9.17, 15) is 27.6 Å². The number of halogens is 3. The minimum absolute atomic E-state index is 0.0249. The van der Waals surface area contributed by atoms with Gasteiger partial charge in [-0.1, -0.05) is 12.1 Å². The molecular formula is C13H11F3N2O3. The molecule has 1 aliphatic heterocycles. The quantitative estimate of drug-likeness (QED) is 0.785. The van der Waals surface area contributed by atoms with Gasteiger partial charge in [0.15, 0.2) is 0 Å². The summed E-state index contributed by atoms with van der Waals surface area (Å²) < 4.78 is 38.0. The minimum Gasteiger partial charge on any atom is -0.267 e. The van der Waals surface area contributed by atoms with E-state index >= 15 is 0 Å². The van der Waals surface area contributed by atoms with Gasteiger partial charge in [0, 0.05) is 6.04 Å². The number of nitrogens with zero attached hydrogens (tertiary/aromatic N) is 2. The number of imide groups is 1. The zero-order valence-electron chi connectivity index (χ0n) is 11.1. The van der Waals surface area contributed by atoms with Crippen molar-refractivity contribution in [3.8, 4) is 0 Å². The molecule has 3 amide bonds. The third-order valence-corrected chi connectivity index (χ3v) is 2.93. The zero-order valence-corrected chi connectivity index (χ0v) is 11.1. The van der Waals surface area contributed by atoms with Gasteiger partial charge in [-0.3, -0.25) is 14.4 Å². The molecule has 1 aromatic rings. The standard InChI is InChI=1S/C13H11F3N2O3/c1-7(2)17(12(21)13(14,15)16)18-10(19)8-5-3-4-6-9(8)11(18)20/h3-7H,1-2H3. The van der Waals surface area contributed by atoms with Gasteiger partial charge in [-0.15, -0.1) is 0 Å². The zero-order chi connectivity index (χ0) is 15.9. The molecule has 8 heteroatoms. The highest BCUT2D eigenvalue weighted by molar-refractivity contribution is 6.21. The predicted octanol–water partition coefficient (Wildman–Crippen LogP) is 2.00. The summed E-state index contributed by atoms with van der Waals surface area (Å²) in [6.45, 7) is 2.57. The average molecular weight is 300 g/mol. The Balaban J connectivity index is 2.48. The van der Waals surface area contributed by atoms with Gasteiger partial charge in [-0.2, -0.15) is 18.2 Å². The topological polar surface area (TPSA) is 57.7 Å². The first-order valence-electron chi connectivity index (χ1n) is 6.04. The molecule has 0 unspecified atom stereocenters. The van der Waals surface area contributed by atoms with E-state index in [0.29, 0.717) is 0 Å². The third-order valence-electron chi connectivity index (χ3n) is 2.93. The van der Waals surface area contributed by atoms with Gasteiger partial charge >= 0.3 is 12.1 Å². The first kappa shape index (κ1) is 15.0. The maximum absolute atomic E-state index is 12.7. The van der Waals surface area contributed by atoms with Crippen LogP contribution < -0.4 is 0 Å². The van der Waals surface area contributed by atoms with Crippen LogP contribution in [0.2, 0.25) is 0 Å². The number of hydrogen-bond acceptors (Lipinski definition) is 3. The normalized spacial score (nSPS) is 14.7. The van der Waals surface area contributed by atoms with Crippen molar-refractivity contribution >= 4 is 17.7 Å². The molecule has 0 spiro atoms. The summed E-state index contributed by atoms with van der Waals surface area (Å²) in [7, 11) is 0. The van der Waals surface area contributed by atoms with Crippen LogP contribution in [0.5, 0.6) is 0 Å². The van der Waals surface area contributed by atoms with Crippen molar-refractivity contribution in [1.29, 1.82) is 0 Å². The number of alkyl halides is 3. The number of carbonyl (C=O) groups excluding carboxylic acids is 3. The van der Waals surface area contributed by atoms with Crippen molar-refractivity contribution < 1.29 is 27.6 Å². The Bertz CT molecular complexity index is 590. The van der Waals surface area contributed by atoms with Crippen LogP contribution in [0.1, 0.15) is 34.6 Å². The summed E-state index contributed by atoms with van der Waals surface area (Å²) in [5.74, 6) is -4.14. The summed E-state index contributed by atoms with van der Waals surface area (Å²) in [6.07, 6.45) is -5.18. The maximum atomic E-state index is 12.7. The summed E-state index contributed by atoms with van der Waals surface area (Å²) >= 11 is 0. The highest BCUT2D eigenvalue weighted by Crippen LogP contribution is 2.28. The fourth-order valence-corrected chi connectivity index (χ4v) is 2.06. The molecule has 112 valence electrons. The lowest BCUT2D eigenvalue weighted by Gasteiger charge is -2.33. The van der Waals surface area contributed by atoms with Gasteiger partial charge < -0.3 is 0 Å². The van der Waals surface area contributed by atoms with Gasteiger partial charge in [0.2, 0.25) is 0 Å². The van der Waals surface area contributed by atoms with Crippen molar-refractivity contribution in [2.75, 3.05) is 0 Å². The highest BCUT2D eigenvalue weighted by Gasteiger charge is 2.50. The van der Waals surface area contributed by atoms with Crippen molar-refractivity contribution in [3.05, 3.63) is 35.4 Å². The van der Waals surface area contributed by atoms with Crippen LogP contribution in [0.15, 0.2) is 24.3 Å². The van der Waals surface area contributed by atoms with E-state index in [-0.39, 0.29) is 21.1 Å². The summed E-state index contributed by atoms with van der Waals surface area (Å²) in [4.78, 5) is 35.7. The van der Waals surface area contributed by atoms with Gasteiger partial charge in [0.05, 0.1) is 11.1 Å². The van der Waals surface area contributed by atoms with E-state index in [4.69, 9.17) is 0 Å². The molecule has 1 heterocycles. The molecule has 0 fully saturated rings. The maximum Gasteiger partial charge on any atom is 0.473 e. The second-order valence-corrected chi connectivity index (χ2v) is 4.71. The van der Waals surface area contributed by atoms with Crippen LogP contribution in [-0.2, 0) is 4.79 Å². The molecule has 0 radical (unpaired) electrons. The van der Waals surface area contributed by atoms with Crippen LogP contribution in [-0.4, -0.2) is 40.0 Å². The molecule has 0 bridgehead atoms. The smallest absolute Gasteiger partial charge is 0.267 e. The van der Waals surface area contributed by atoms with Gasteiger partial charge in [-0.05, 0) is 26.0 Å². The van der Waals surface area contributed by atoms with Gasteiger partial charge in [0.25, 0.3) is 11.8 Å². The lowest BCUT2D eigenvalue weighted by Crippen LogP contribution is -2.56. The van der Waals surface area contributed by atoms with Gasteiger partial charge in [0.1, 0.15) is 0 Å². The monoisotopic (exact) mass is 300 g/mol. The number of hydrogen-bond donors (Lipinski definition) is 0. The van der Waals surface area contributed by atoms with E-state index in [0.717, 1.165) is 0 Å². The van der Waals surface area contributed by atoms with Crippen molar-refractivity contribution in [3.63, 3.8) is 0 Å². The predicted molar refractivity (Wildman–Crippen MR) is 65.0 cm³/mol. The Hall–Kier alpha value is -2.38. The molecule has 0 atom stereocenters. The van der Waals surface area contributed by atoms with Crippen molar-refractivity contribution in [2.45, 2.75) is 26.1 Å². The molecule has 0 aromatic heterocycles. The Morgan fingerprint density at radius 3 is 1.86 bits per heavy atom. The molecule has 21 heavy (non-hydrogen) atoms. The van der Waals surface area contributed by atoms with E-state index < -0.39 is 29.9 Å². The fraction of sp³-hybridized carbons (Fsp3) is 0.308. The number of rotatable bonds is 2. The van der Waals surface area contributed by atoms with E-state index in [2.05, 4.69) is 0 Å². The Morgan fingerprint density at radius 2 is 1.52 bits per heavy atom. The third kappa shape index (κ3) is 2.37. The summed E-state index contributed by atoms with van der Waals surface area (Å²) in [5.41, 5.74) is -0.0498. The largest absolute Gasteiger partial charge is 0.473 e. The van der Waals surface area contributed by atoms with Crippen LogP contribution in [0, 0.1) is 0 Å². The minimum atomic E-state index is -5.18. The van der Waals surface area contributed by atoms with Crippen molar-refractivity contribution in [2.24, 2.45) is 0 Å². The lowest BCUT2D eigenvalue weighted by atomic mass is 10.1. The Labute approximate surface area is 117 Å². The van der Waals surface area contributed by atoms with Gasteiger partial charge in [-0.25, -0.2) is 5.01 Å². The Kier molecular flexibility index (Phi) is 3.48. The second-order valence-electron chi connectivity index (χ2n) is 4.71. The summed E-state index contributed by atoms with van der Waals surface area (Å²) in [5, 5.41) is 0.399. The molecule has 1 aliphatic rings. The first-order valence-corrected chi connectivity index (χ1v) is 6.04. The number of amides is 3. The number of hydrazine groups is 1. The first-order chi connectivity index (χ1) is 9.66. The SMILES string of the molecule is CC(C)N(C(=O)C(F)(F)F)N1C(=O)c2ccccc2C1=O. The molecule has 0 aliphatic carbocycles. The number of fused-ring (bicyclic) bond motifs is 1. The van der Waals surface area contributed by atoms with E-state index in [1.165, 1.54) is 38.1 Å². The molecule has 0 saturated carbocycles. The number of carbonyl (C=O) groups is 3. The molecule has 2 rings (SSSR count). The fourth-order valence-electron chi connectivity index (χ4n) is 2.06. The molecule has 0 saturated heterocycles. The second kappa shape index (κ2) is 4.87. The average Bonchev–Trinajstić information content (AvgIpc) is 2.63. The highest BCUT2D eigenvalue weighted by atomic mass is 19.4. The van der Waals surface area contributed by atoms with Crippen LogP contribution in [0.4, 0.5) is 13.2 Å². The van der Waals surface area contributed by atoms with E-state index in [1.807, 2.05) is 0 Å². The van der Waals surface area contributed by atoms with Crippen LogP contribution >= 0.6 is 0 Å². The number of benzene rings is 1.